The van der Waals surface area contributed by atoms with Gasteiger partial charge >= 0.3 is 6.03 Å². The molecular weight excluding hydrogens is 403 g/mol. The number of halogens is 1. The number of carbonyl (C=O) groups is 1. The Morgan fingerprint density at radius 2 is 1.80 bits per heavy atom. The van der Waals surface area contributed by atoms with Crippen LogP contribution < -0.4 is 10.1 Å². The number of ether oxygens (including phenoxy) is 1. The van der Waals surface area contributed by atoms with Gasteiger partial charge in [-0.25, -0.2) is 14.2 Å². The molecule has 0 aliphatic carbocycles. The molecule has 0 atom stereocenters. The lowest BCUT2D eigenvalue weighted by Crippen LogP contribution is -2.49. The number of rotatable bonds is 5. The van der Waals surface area contributed by atoms with Gasteiger partial charge < -0.3 is 15.0 Å². The predicted octanol–water partition coefficient (Wildman–Crippen LogP) is 4.31. The zero-order chi connectivity index (χ0) is 20.9. The van der Waals surface area contributed by atoms with E-state index in [0.717, 1.165) is 41.6 Å². The fourth-order valence-electron chi connectivity index (χ4n) is 3.31. The summed E-state index contributed by atoms with van der Waals surface area (Å²) >= 11 is 1.65. The summed E-state index contributed by atoms with van der Waals surface area (Å²) in [6.45, 7) is 3.63. The minimum Gasteiger partial charge on any atom is -0.497 e. The van der Waals surface area contributed by atoms with Crippen LogP contribution in [0.25, 0.3) is 11.3 Å². The maximum absolute atomic E-state index is 13.0. The summed E-state index contributed by atoms with van der Waals surface area (Å²) in [4.78, 5) is 21.3. The molecule has 0 unspecified atom stereocenters. The van der Waals surface area contributed by atoms with E-state index in [0.29, 0.717) is 18.8 Å². The van der Waals surface area contributed by atoms with Gasteiger partial charge in [0.15, 0.2) is 0 Å². The Bertz CT molecular complexity index is 983. The van der Waals surface area contributed by atoms with E-state index in [1.807, 2.05) is 24.3 Å². The third-order valence-electron chi connectivity index (χ3n) is 5.05. The Morgan fingerprint density at radius 1 is 1.10 bits per heavy atom. The van der Waals surface area contributed by atoms with Gasteiger partial charge in [0.1, 0.15) is 16.6 Å². The summed E-state index contributed by atoms with van der Waals surface area (Å²) in [6, 6.07) is 13.5. The standard InChI is InChI=1S/C22H23FN4O2S/c1-29-19-8-2-16(3-9-19)20-15-30-21(25-20)14-26-10-12-27(13-11-26)22(28)24-18-6-4-17(23)5-7-18/h2-9,15H,10-14H2,1H3,(H,24,28). The van der Waals surface area contributed by atoms with E-state index in [2.05, 4.69) is 15.6 Å². The number of aromatic nitrogens is 1. The van der Waals surface area contributed by atoms with Crippen LogP contribution >= 0.6 is 11.3 Å². The Kier molecular flexibility index (Phi) is 6.25. The molecule has 1 aliphatic heterocycles. The second kappa shape index (κ2) is 9.23. The van der Waals surface area contributed by atoms with Gasteiger partial charge in [-0.2, -0.15) is 0 Å². The molecule has 3 aromatic rings. The summed E-state index contributed by atoms with van der Waals surface area (Å²) in [6.07, 6.45) is 0. The lowest BCUT2D eigenvalue weighted by atomic mass is 10.2. The van der Waals surface area contributed by atoms with Crippen molar-refractivity contribution in [2.24, 2.45) is 0 Å². The quantitative estimate of drug-likeness (QED) is 0.661. The molecule has 1 N–H and O–H groups in total. The highest BCUT2D eigenvalue weighted by atomic mass is 32.1. The highest BCUT2D eigenvalue weighted by Crippen LogP contribution is 2.25. The summed E-state index contributed by atoms with van der Waals surface area (Å²) in [5.41, 5.74) is 2.63. The Labute approximate surface area is 178 Å². The van der Waals surface area contributed by atoms with Gasteiger partial charge in [-0.3, -0.25) is 4.90 Å². The molecule has 0 bridgehead atoms. The Balaban J connectivity index is 1.28. The molecule has 2 amide bonds. The number of anilines is 1. The van der Waals surface area contributed by atoms with E-state index in [4.69, 9.17) is 9.72 Å². The van der Waals surface area contributed by atoms with Crippen LogP contribution in [-0.4, -0.2) is 54.1 Å². The maximum Gasteiger partial charge on any atom is 0.321 e. The van der Waals surface area contributed by atoms with Crippen molar-refractivity contribution in [1.29, 1.82) is 0 Å². The first-order valence-corrected chi connectivity index (χ1v) is 10.6. The van der Waals surface area contributed by atoms with Crippen LogP contribution in [-0.2, 0) is 6.54 Å². The van der Waals surface area contributed by atoms with Crippen molar-refractivity contribution in [2.75, 3.05) is 38.6 Å². The zero-order valence-electron chi connectivity index (χ0n) is 16.7. The van der Waals surface area contributed by atoms with Gasteiger partial charge in [-0.1, -0.05) is 0 Å². The number of methoxy groups -OCH3 is 1. The van der Waals surface area contributed by atoms with Gasteiger partial charge in [-0.05, 0) is 48.5 Å². The highest BCUT2D eigenvalue weighted by Gasteiger charge is 2.22. The van der Waals surface area contributed by atoms with Crippen LogP contribution in [0, 0.1) is 5.82 Å². The molecule has 8 heteroatoms. The summed E-state index contributed by atoms with van der Waals surface area (Å²) in [7, 11) is 1.65. The maximum atomic E-state index is 13.0. The topological polar surface area (TPSA) is 57.7 Å². The van der Waals surface area contributed by atoms with Crippen molar-refractivity contribution in [3.8, 4) is 17.0 Å². The highest BCUT2D eigenvalue weighted by molar-refractivity contribution is 7.09. The molecule has 6 nitrogen and oxygen atoms in total. The van der Waals surface area contributed by atoms with E-state index in [1.165, 1.54) is 12.1 Å². The van der Waals surface area contributed by atoms with Crippen molar-refractivity contribution in [3.63, 3.8) is 0 Å². The monoisotopic (exact) mass is 426 g/mol. The molecule has 4 rings (SSSR count). The van der Waals surface area contributed by atoms with Crippen molar-refractivity contribution >= 4 is 23.1 Å². The van der Waals surface area contributed by atoms with Crippen LogP contribution in [0.1, 0.15) is 5.01 Å². The number of nitrogens with zero attached hydrogens (tertiary/aromatic N) is 3. The average molecular weight is 427 g/mol. The first kappa shape index (κ1) is 20.3. The second-order valence-corrected chi connectivity index (χ2v) is 8.00. The number of nitrogens with one attached hydrogen (secondary N) is 1. The summed E-state index contributed by atoms with van der Waals surface area (Å²) < 4.78 is 18.2. The number of urea groups is 1. The molecule has 1 aromatic heterocycles. The van der Waals surface area contributed by atoms with Crippen LogP contribution in [0.3, 0.4) is 0 Å². The Morgan fingerprint density at radius 3 is 2.47 bits per heavy atom. The lowest BCUT2D eigenvalue weighted by Gasteiger charge is -2.34. The van der Waals surface area contributed by atoms with Gasteiger partial charge in [0, 0.05) is 42.8 Å². The Hall–Kier alpha value is -2.97. The molecule has 1 fully saturated rings. The van der Waals surface area contributed by atoms with Gasteiger partial charge in [0.25, 0.3) is 0 Å². The second-order valence-electron chi connectivity index (χ2n) is 7.06. The first-order valence-electron chi connectivity index (χ1n) is 9.73. The number of hydrogen-bond donors (Lipinski definition) is 1. The third kappa shape index (κ3) is 4.95. The number of hydrogen-bond acceptors (Lipinski definition) is 5. The molecule has 2 heterocycles. The molecule has 1 saturated heterocycles. The van der Waals surface area contributed by atoms with Crippen LogP contribution in [0.15, 0.2) is 53.9 Å². The molecule has 0 saturated carbocycles. The van der Waals surface area contributed by atoms with Crippen LogP contribution in [0.5, 0.6) is 5.75 Å². The lowest BCUT2D eigenvalue weighted by molar-refractivity contribution is 0.143. The largest absolute Gasteiger partial charge is 0.497 e. The van der Waals surface area contributed by atoms with Crippen LogP contribution in [0.2, 0.25) is 0 Å². The van der Waals surface area contributed by atoms with E-state index in [9.17, 15) is 9.18 Å². The molecule has 156 valence electrons. The minimum atomic E-state index is -0.320. The normalized spacial score (nSPS) is 14.5. The number of piperazine rings is 1. The summed E-state index contributed by atoms with van der Waals surface area (Å²) in [5.74, 6) is 0.509. The van der Waals surface area contributed by atoms with Crippen molar-refractivity contribution < 1.29 is 13.9 Å². The molecule has 1 aliphatic rings. The smallest absolute Gasteiger partial charge is 0.321 e. The molecular formula is C22H23FN4O2S. The number of thiazole rings is 1. The summed E-state index contributed by atoms with van der Waals surface area (Å²) in [5, 5.41) is 5.95. The van der Waals surface area contributed by atoms with Crippen molar-refractivity contribution in [3.05, 3.63) is 64.7 Å². The van der Waals surface area contributed by atoms with Crippen molar-refractivity contribution in [2.45, 2.75) is 6.54 Å². The van der Waals surface area contributed by atoms with Crippen LogP contribution in [0.4, 0.5) is 14.9 Å². The van der Waals surface area contributed by atoms with E-state index in [-0.39, 0.29) is 11.8 Å². The van der Waals surface area contributed by atoms with Crippen molar-refractivity contribution in [1.82, 2.24) is 14.8 Å². The van der Waals surface area contributed by atoms with E-state index >= 15 is 0 Å². The van der Waals surface area contributed by atoms with E-state index < -0.39 is 0 Å². The number of benzene rings is 2. The molecule has 30 heavy (non-hydrogen) atoms. The molecule has 0 spiro atoms. The van der Waals surface area contributed by atoms with Gasteiger partial charge in [0.05, 0.1) is 19.3 Å². The minimum absolute atomic E-state index is 0.155. The average Bonchev–Trinajstić information content (AvgIpc) is 3.24. The van der Waals surface area contributed by atoms with E-state index in [1.54, 1.807) is 35.5 Å². The SMILES string of the molecule is COc1ccc(-c2csc(CN3CCN(C(=O)Nc4ccc(F)cc4)CC3)n2)cc1. The fraction of sp³-hybridized carbons (Fsp3) is 0.273. The van der Waals surface area contributed by atoms with Gasteiger partial charge in [-0.15, -0.1) is 11.3 Å². The molecule has 2 aromatic carbocycles. The number of amides is 2. The first-order chi connectivity index (χ1) is 14.6. The molecule has 0 radical (unpaired) electrons. The zero-order valence-corrected chi connectivity index (χ0v) is 17.5. The third-order valence-corrected chi connectivity index (χ3v) is 5.88. The predicted molar refractivity (Wildman–Crippen MR) is 116 cm³/mol. The fourth-order valence-corrected chi connectivity index (χ4v) is 4.16. The number of carbonyl (C=O) groups excluding carboxylic acids is 1. The van der Waals surface area contributed by atoms with Gasteiger partial charge in [0.2, 0.25) is 0 Å².